The molecule has 0 radical (unpaired) electrons. The third-order valence-electron chi connectivity index (χ3n) is 4.85. The molecule has 0 spiro atoms. The zero-order chi connectivity index (χ0) is 17.8. The highest BCUT2D eigenvalue weighted by Crippen LogP contribution is 2.32. The number of likely N-dealkylation sites (tertiary alicyclic amines) is 1. The van der Waals surface area contributed by atoms with E-state index in [0.29, 0.717) is 50.7 Å². The van der Waals surface area contributed by atoms with Gasteiger partial charge in [0.25, 0.3) is 0 Å². The number of hydrogen-bond donors (Lipinski definition) is 1. The summed E-state index contributed by atoms with van der Waals surface area (Å²) in [5.74, 6) is 1.41. The number of rotatable bonds is 7. The van der Waals surface area contributed by atoms with Crippen molar-refractivity contribution in [3.8, 4) is 0 Å². The van der Waals surface area contributed by atoms with Gasteiger partial charge in [-0.1, -0.05) is 5.16 Å². The predicted octanol–water partition coefficient (Wildman–Crippen LogP) is 1.08. The zero-order valence-electron chi connectivity index (χ0n) is 14.9. The van der Waals surface area contributed by atoms with Gasteiger partial charge in [-0.25, -0.2) is 0 Å². The molecule has 1 saturated heterocycles. The summed E-state index contributed by atoms with van der Waals surface area (Å²) in [4.78, 5) is 30.7. The van der Waals surface area contributed by atoms with Gasteiger partial charge in [-0.05, 0) is 32.6 Å². The van der Waals surface area contributed by atoms with Crippen molar-refractivity contribution in [2.24, 2.45) is 11.8 Å². The molecule has 2 fully saturated rings. The van der Waals surface area contributed by atoms with Gasteiger partial charge in [0.05, 0.1) is 6.61 Å². The van der Waals surface area contributed by atoms with Crippen LogP contribution in [0.3, 0.4) is 0 Å². The average Bonchev–Trinajstić information content (AvgIpc) is 3.37. The monoisotopic (exact) mass is 350 g/mol. The van der Waals surface area contributed by atoms with Gasteiger partial charge in [-0.15, -0.1) is 0 Å². The first-order valence-corrected chi connectivity index (χ1v) is 8.99. The summed E-state index contributed by atoms with van der Waals surface area (Å²) in [6, 6.07) is -0.331. The molecule has 2 heterocycles. The van der Waals surface area contributed by atoms with Gasteiger partial charge in [0, 0.05) is 38.5 Å². The lowest BCUT2D eigenvalue weighted by Crippen LogP contribution is -2.44. The number of aromatic nitrogens is 2. The highest BCUT2D eigenvalue weighted by Gasteiger charge is 2.36. The maximum Gasteiger partial charge on any atom is 0.248 e. The summed E-state index contributed by atoms with van der Waals surface area (Å²) in [5, 5.41) is 6.83. The maximum absolute atomic E-state index is 12.5. The van der Waals surface area contributed by atoms with Gasteiger partial charge in [0.1, 0.15) is 6.04 Å². The average molecular weight is 350 g/mol. The van der Waals surface area contributed by atoms with E-state index in [4.69, 9.17) is 9.26 Å². The highest BCUT2D eigenvalue weighted by molar-refractivity contribution is 5.82. The summed E-state index contributed by atoms with van der Waals surface area (Å²) in [6.45, 7) is 3.70. The molecule has 0 aromatic carbocycles. The second-order valence-corrected chi connectivity index (χ2v) is 6.90. The molecule has 1 aromatic rings. The van der Waals surface area contributed by atoms with Crippen LogP contribution in [0, 0.1) is 11.8 Å². The Labute approximate surface area is 147 Å². The van der Waals surface area contributed by atoms with Crippen molar-refractivity contribution >= 4 is 11.8 Å². The first-order valence-electron chi connectivity index (χ1n) is 8.99. The molecule has 1 N–H and O–H groups in total. The van der Waals surface area contributed by atoms with Crippen LogP contribution in [0.4, 0.5) is 0 Å². The molecular formula is C17H26N4O4. The fourth-order valence-corrected chi connectivity index (χ4v) is 3.08. The van der Waals surface area contributed by atoms with Crippen LogP contribution in [0.2, 0.25) is 0 Å². The maximum atomic E-state index is 12.5. The van der Waals surface area contributed by atoms with E-state index < -0.39 is 0 Å². The molecule has 138 valence electrons. The lowest BCUT2D eigenvalue weighted by molar-refractivity contribution is -0.136. The Bertz CT molecular complexity index is 606. The largest absolute Gasteiger partial charge is 0.384 e. The normalized spacial score (nSPS) is 19.7. The minimum atomic E-state index is -0.331. The lowest BCUT2D eigenvalue weighted by atomic mass is 9.95. The number of hydrogen-bond acceptors (Lipinski definition) is 6. The topological polar surface area (TPSA) is 97.6 Å². The molecule has 8 nitrogen and oxygen atoms in total. The van der Waals surface area contributed by atoms with Crippen molar-refractivity contribution in [2.75, 3.05) is 26.8 Å². The van der Waals surface area contributed by atoms with Gasteiger partial charge in [-0.2, -0.15) is 4.98 Å². The molecule has 2 aliphatic rings. The minimum Gasteiger partial charge on any atom is -0.384 e. The van der Waals surface area contributed by atoms with Crippen molar-refractivity contribution in [3.63, 3.8) is 0 Å². The quantitative estimate of drug-likeness (QED) is 0.790. The molecule has 1 saturated carbocycles. The van der Waals surface area contributed by atoms with Crippen LogP contribution in [0.15, 0.2) is 4.52 Å². The molecule has 1 aromatic heterocycles. The SMILES string of the molecule is COCCc1noc([C@@H](C)NC(=O)C2CCN(C(=O)C3CC3)CC2)n1. The summed E-state index contributed by atoms with van der Waals surface area (Å²) in [6.07, 6.45) is 4.04. The van der Waals surface area contributed by atoms with Crippen LogP contribution in [-0.4, -0.2) is 53.7 Å². The molecule has 8 heteroatoms. The number of methoxy groups -OCH3 is 1. The molecule has 2 amide bonds. The van der Waals surface area contributed by atoms with Crippen LogP contribution in [0.5, 0.6) is 0 Å². The fraction of sp³-hybridized carbons (Fsp3) is 0.765. The van der Waals surface area contributed by atoms with Crippen molar-refractivity contribution in [1.82, 2.24) is 20.4 Å². The van der Waals surface area contributed by atoms with Gasteiger partial charge >= 0.3 is 0 Å². The van der Waals surface area contributed by atoms with Crippen LogP contribution in [0.1, 0.15) is 50.4 Å². The molecular weight excluding hydrogens is 324 g/mol. The standard InChI is InChI=1S/C17H26N4O4/c1-11(16-19-14(20-25-16)7-10-24-2)18-15(22)12-5-8-21(9-6-12)17(23)13-3-4-13/h11-13H,3-10H2,1-2H3,(H,18,22)/t11-/m1/s1. The van der Waals surface area contributed by atoms with Gasteiger partial charge in [0.15, 0.2) is 5.82 Å². The Balaban J connectivity index is 1.45. The lowest BCUT2D eigenvalue weighted by Gasteiger charge is -2.31. The van der Waals surface area contributed by atoms with Gasteiger partial charge in [-0.3, -0.25) is 9.59 Å². The summed E-state index contributed by atoms with van der Waals surface area (Å²) < 4.78 is 10.2. The van der Waals surface area contributed by atoms with Crippen LogP contribution < -0.4 is 5.32 Å². The van der Waals surface area contributed by atoms with Crippen LogP contribution >= 0.6 is 0 Å². The highest BCUT2D eigenvalue weighted by atomic mass is 16.5. The van der Waals surface area contributed by atoms with Crippen molar-refractivity contribution < 1.29 is 18.8 Å². The van der Waals surface area contributed by atoms with Gasteiger partial charge in [0.2, 0.25) is 17.7 Å². The Morgan fingerprint density at radius 3 is 2.64 bits per heavy atom. The van der Waals surface area contributed by atoms with E-state index >= 15 is 0 Å². The summed E-state index contributed by atoms with van der Waals surface area (Å²) >= 11 is 0. The first kappa shape index (κ1) is 17.8. The van der Waals surface area contributed by atoms with E-state index in [1.165, 1.54) is 0 Å². The van der Waals surface area contributed by atoms with Crippen molar-refractivity contribution in [2.45, 2.75) is 45.1 Å². The fourth-order valence-electron chi connectivity index (χ4n) is 3.08. The van der Waals surface area contributed by atoms with E-state index in [2.05, 4.69) is 15.5 Å². The number of nitrogens with zero attached hydrogens (tertiary/aromatic N) is 3. The Hall–Kier alpha value is -1.96. The van der Waals surface area contributed by atoms with E-state index in [1.54, 1.807) is 7.11 Å². The van der Waals surface area contributed by atoms with E-state index in [-0.39, 0.29) is 29.7 Å². The number of carbonyl (C=O) groups excluding carboxylic acids is 2. The number of carbonyl (C=O) groups is 2. The Morgan fingerprint density at radius 2 is 2.00 bits per heavy atom. The number of ether oxygens (including phenoxy) is 1. The molecule has 1 atom stereocenters. The molecule has 3 rings (SSSR count). The summed E-state index contributed by atoms with van der Waals surface area (Å²) in [7, 11) is 1.62. The third kappa shape index (κ3) is 4.56. The molecule has 0 bridgehead atoms. The molecule has 1 aliphatic carbocycles. The molecule has 0 unspecified atom stereocenters. The third-order valence-corrected chi connectivity index (χ3v) is 4.85. The van der Waals surface area contributed by atoms with Crippen molar-refractivity contribution in [1.29, 1.82) is 0 Å². The Morgan fingerprint density at radius 1 is 1.28 bits per heavy atom. The molecule has 25 heavy (non-hydrogen) atoms. The first-order chi connectivity index (χ1) is 12.1. The van der Waals surface area contributed by atoms with E-state index in [0.717, 1.165) is 12.8 Å². The second-order valence-electron chi connectivity index (χ2n) is 6.90. The number of nitrogens with one attached hydrogen (secondary N) is 1. The molecule has 1 aliphatic heterocycles. The summed E-state index contributed by atoms with van der Waals surface area (Å²) in [5.41, 5.74) is 0. The van der Waals surface area contributed by atoms with E-state index in [1.807, 2.05) is 11.8 Å². The predicted molar refractivity (Wildman–Crippen MR) is 88.5 cm³/mol. The zero-order valence-corrected chi connectivity index (χ0v) is 14.9. The smallest absolute Gasteiger partial charge is 0.248 e. The van der Waals surface area contributed by atoms with Crippen molar-refractivity contribution in [3.05, 3.63) is 11.7 Å². The van der Waals surface area contributed by atoms with Crippen LogP contribution in [-0.2, 0) is 20.7 Å². The second kappa shape index (κ2) is 7.95. The van der Waals surface area contributed by atoms with Crippen LogP contribution in [0.25, 0.3) is 0 Å². The number of piperidine rings is 1. The minimum absolute atomic E-state index is 0.0114. The Kier molecular flexibility index (Phi) is 5.67. The van der Waals surface area contributed by atoms with E-state index in [9.17, 15) is 9.59 Å². The number of amides is 2. The van der Waals surface area contributed by atoms with Gasteiger partial charge < -0.3 is 19.5 Å².